The van der Waals surface area contributed by atoms with Crippen LogP contribution in [0.3, 0.4) is 0 Å². The molecule has 0 fully saturated rings. The van der Waals surface area contributed by atoms with Crippen LogP contribution in [-0.4, -0.2) is 25.0 Å². The molecule has 110 valence electrons. The summed E-state index contributed by atoms with van der Waals surface area (Å²) in [6.07, 6.45) is -0.239. The molecule has 5 nitrogen and oxygen atoms in total. The van der Waals surface area contributed by atoms with Crippen molar-refractivity contribution < 1.29 is 14.3 Å². The van der Waals surface area contributed by atoms with E-state index in [-0.39, 0.29) is 11.8 Å². The minimum absolute atomic E-state index is 0.255. The highest BCUT2D eigenvalue weighted by atomic mass is 16.5. The predicted molar refractivity (Wildman–Crippen MR) is 76.8 cm³/mol. The molecule has 0 saturated heterocycles. The third-order valence-corrected chi connectivity index (χ3v) is 2.94. The number of nitrogens with one attached hydrogen (secondary N) is 1. The number of benzene rings is 1. The fraction of sp³-hybridized carbons (Fsp3) is 0.467. The number of hydrogen-bond donors (Lipinski definition) is 2. The van der Waals surface area contributed by atoms with E-state index < -0.39 is 18.1 Å². The minimum atomic E-state index is -0.745. The van der Waals surface area contributed by atoms with Gasteiger partial charge in [0.05, 0.1) is 0 Å². The van der Waals surface area contributed by atoms with Crippen LogP contribution >= 0.6 is 0 Å². The molecule has 0 aromatic heterocycles. The van der Waals surface area contributed by atoms with E-state index in [9.17, 15) is 9.59 Å². The van der Waals surface area contributed by atoms with E-state index in [1.807, 2.05) is 32.0 Å². The van der Waals surface area contributed by atoms with Crippen LogP contribution in [0.4, 0.5) is 0 Å². The molecule has 0 aliphatic carbocycles. The van der Waals surface area contributed by atoms with Crippen LogP contribution in [0.1, 0.15) is 31.9 Å². The molecule has 0 aliphatic rings. The van der Waals surface area contributed by atoms with Crippen molar-refractivity contribution in [2.24, 2.45) is 11.7 Å². The van der Waals surface area contributed by atoms with Crippen LogP contribution in [0.15, 0.2) is 30.3 Å². The van der Waals surface area contributed by atoms with E-state index in [1.54, 1.807) is 12.1 Å². The Bertz CT molecular complexity index is 446. The van der Waals surface area contributed by atoms with Crippen molar-refractivity contribution in [2.45, 2.75) is 32.4 Å². The van der Waals surface area contributed by atoms with E-state index >= 15 is 0 Å². The summed E-state index contributed by atoms with van der Waals surface area (Å²) < 4.78 is 5.22. The summed E-state index contributed by atoms with van der Waals surface area (Å²) in [5, 5.41) is 2.66. The van der Waals surface area contributed by atoms with Crippen molar-refractivity contribution in [1.29, 1.82) is 0 Å². The maximum absolute atomic E-state index is 12.2. The number of nitrogens with two attached hydrogens (primary N) is 1. The Balaban J connectivity index is 2.78. The normalized spacial score (nSPS) is 13.8. The second-order valence-electron chi connectivity index (χ2n) is 5.12. The average Bonchev–Trinajstić information content (AvgIpc) is 2.39. The Morgan fingerprint density at radius 1 is 1.25 bits per heavy atom. The molecule has 0 heterocycles. The molecule has 0 radical (unpaired) electrons. The van der Waals surface area contributed by atoms with Gasteiger partial charge in [0, 0.05) is 7.11 Å². The number of primary amides is 1. The van der Waals surface area contributed by atoms with Crippen molar-refractivity contribution in [2.75, 3.05) is 7.11 Å². The Kier molecular flexibility index (Phi) is 6.18. The maximum atomic E-state index is 12.2. The van der Waals surface area contributed by atoms with E-state index in [0.29, 0.717) is 6.42 Å². The van der Waals surface area contributed by atoms with Crippen LogP contribution < -0.4 is 11.1 Å². The van der Waals surface area contributed by atoms with Gasteiger partial charge in [0.2, 0.25) is 5.91 Å². The molecule has 1 rings (SSSR count). The Labute approximate surface area is 119 Å². The standard InChI is InChI=1S/C15H22N2O3/c1-10(2)9-12(14(16)18)17-15(19)13(20-3)11-7-5-4-6-8-11/h4-8,10,12-13H,9H2,1-3H3,(H2,16,18)(H,17,19)/t12-,13+/m1/s1. The van der Waals surface area contributed by atoms with Gasteiger partial charge in [-0.05, 0) is 17.9 Å². The first-order valence-corrected chi connectivity index (χ1v) is 6.63. The number of hydrogen-bond acceptors (Lipinski definition) is 3. The summed E-state index contributed by atoms with van der Waals surface area (Å²) in [6, 6.07) is 8.44. The summed E-state index contributed by atoms with van der Waals surface area (Å²) in [6.45, 7) is 3.93. The molecule has 2 amide bonds. The number of carbonyl (C=O) groups excluding carboxylic acids is 2. The Morgan fingerprint density at radius 2 is 1.85 bits per heavy atom. The van der Waals surface area contributed by atoms with Gasteiger partial charge in [-0.3, -0.25) is 9.59 Å². The number of methoxy groups -OCH3 is 1. The number of ether oxygens (including phenoxy) is 1. The molecule has 20 heavy (non-hydrogen) atoms. The van der Waals surface area contributed by atoms with Crippen molar-refractivity contribution in [3.8, 4) is 0 Å². The van der Waals surface area contributed by atoms with Gasteiger partial charge in [0.1, 0.15) is 6.04 Å². The lowest BCUT2D eigenvalue weighted by Gasteiger charge is -2.21. The number of amides is 2. The van der Waals surface area contributed by atoms with Crippen LogP contribution in [0.25, 0.3) is 0 Å². The quantitative estimate of drug-likeness (QED) is 0.790. The lowest BCUT2D eigenvalue weighted by molar-refractivity contribution is -0.135. The molecule has 0 aliphatic heterocycles. The van der Waals surface area contributed by atoms with Gasteiger partial charge in [-0.15, -0.1) is 0 Å². The van der Waals surface area contributed by atoms with Crippen LogP contribution in [0.5, 0.6) is 0 Å². The zero-order valence-electron chi connectivity index (χ0n) is 12.1. The SMILES string of the molecule is CO[C@H](C(=O)N[C@H](CC(C)C)C(N)=O)c1ccccc1. The second-order valence-corrected chi connectivity index (χ2v) is 5.12. The summed E-state index contributed by atoms with van der Waals surface area (Å²) in [5.74, 6) is -0.636. The fourth-order valence-electron chi connectivity index (χ4n) is 1.99. The summed E-state index contributed by atoms with van der Waals surface area (Å²) in [5.41, 5.74) is 6.06. The molecular weight excluding hydrogens is 256 g/mol. The van der Waals surface area contributed by atoms with Crippen molar-refractivity contribution in [1.82, 2.24) is 5.32 Å². The van der Waals surface area contributed by atoms with Crippen molar-refractivity contribution >= 4 is 11.8 Å². The zero-order valence-corrected chi connectivity index (χ0v) is 12.1. The van der Waals surface area contributed by atoms with Crippen molar-refractivity contribution in [3.05, 3.63) is 35.9 Å². The van der Waals surface area contributed by atoms with E-state index in [4.69, 9.17) is 10.5 Å². The van der Waals surface area contributed by atoms with E-state index in [1.165, 1.54) is 7.11 Å². The first kappa shape index (κ1) is 16.2. The Morgan fingerprint density at radius 3 is 2.30 bits per heavy atom. The van der Waals surface area contributed by atoms with Gasteiger partial charge in [-0.25, -0.2) is 0 Å². The average molecular weight is 278 g/mol. The number of carbonyl (C=O) groups is 2. The molecule has 0 bridgehead atoms. The first-order chi connectivity index (χ1) is 9.45. The summed E-state index contributed by atoms with van der Waals surface area (Å²) in [7, 11) is 1.46. The van der Waals surface area contributed by atoms with Gasteiger partial charge < -0.3 is 15.8 Å². The highest BCUT2D eigenvalue weighted by Crippen LogP contribution is 2.17. The van der Waals surface area contributed by atoms with Gasteiger partial charge in [-0.1, -0.05) is 44.2 Å². The zero-order chi connectivity index (χ0) is 15.1. The molecule has 0 unspecified atom stereocenters. The number of rotatable bonds is 7. The third-order valence-electron chi connectivity index (χ3n) is 2.94. The smallest absolute Gasteiger partial charge is 0.254 e. The van der Waals surface area contributed by atoms with Gasteiger partial charge in [0.25, 0.3) is 5.91 Å². The summed E-state index contributed by atoms with van der Waals surface area (Å²) in [4.78, 5) is 23.6. The lowest BCUT2D eigenvalue weighted by Crippen LogP contribution is -2.47. The third kappa shape index (κ3) is 4.66. The summed E-state index contributed by atoms with van der Waals surface area (Å²) >= 11 is 0. The van der Waals surface area contributed by atoms with E-state index in [0.717, 1.165) is 5.56 Å². The van der Waals surface area contributed by atoms with E-state index in [2.05, 4.69) is 5.32 Å². The van der Waals surface area contributed by atoms with Crippen molar-refractivity contribution in [3.63, 3.8) is 0 Å². The molecule has 1 aromatic rings. The maximum Gasteiger partial charge on any atom is 0.254 e. The molecule has 1 aromatic carbocycles. The largest absolute Gasteiger partial charge is 0.368 e. The van der Waals surface area contributed by atoms with Gasteiger partial charge in [0.15, 0.2) is 6.10 Å². The van der Waals surface area contributed by atoms with Crippen LogP contribution in [-0.2, 0) is 14.3 Å². The van der Waals surface area contributed by atoms with Gasteiger partial charge in [-0.2, -0.15) is 0 Å². The molecule has 2 atom stereocenters. The van der Waals surface area contributed by atoms with Crippen LogP contribution in [0.2, 0.25) is 0 Å². The molecule has 5 heteroatoms. The second kappa shape index (κ2) is 7.65. The lowest BCUT2D eigenvalue weighted by atomic mass is 10.0. The monoisotopic (exact) mass is 278 g/mol. The predicted octanol–water partition coefficient (Wildman–Crippen LogP) is 1.39. The van der Waals surface area contributed by atoms with Gasteiger partial charge >= 0.3 is 0 Å². The van der Waals surface area contributed by atoms with Crippen LogP contribution in [0, 0.1) is 5.92 Å². The minimum Gasteiger partial charge on any atom is -0.368 e. The molecule has 0 spiro atoms. The fourth-order valence-corrected chi connectivity index (χ4v) is 1.99. The molecular formula is C15H22N2O3. The molecule has 0 saturated carbocycles. The molecule has 3 N–H and O–H groups in total. The Hall–Kier alpha value is -1.88. The highest BCUT2D eigenvalue weighted by molar-refractivity contribution is 5.89. The first-order valence-electron chi connectivity index (χ1n) is 6.63. The topological polar surface area (TPSA) is 81.4 Å². The highest BCUT2D eigenvalue weighted by Gasteiger charge is 2.25.